The Balaban J connectivity index is 1.76. The van der Waals surface area contributed by atoms with Crippen LogP contribution in [0.1, 0.15) is 40.5 Å². The molecule has 2 aliphatic rings. The van der Waals surface area contributed by atoms with Crippen LogP contribution in [0.5, 0.6) is 0 Å². The molecule has 3 rings (SSSR count). The number of nitrogens with two attached hydrogens (primary N) is 1. The largest absolute Gasteiger partial charge is 0.443 e. The normalized spacial score (nSPS) is 18.8. The van der Waals surface area contributed by atoms with Crippen molar-refractivity contribution in [2.24, 2.45) is 5.73 Å². The molecule has 30 heavy (non-hydrogen) atoms. The average molecular weight is 415 g/mol. The molecular formula is C19H21N5O6. The summed E-state index contributed by atoms with van der Waals surface area (Å²) in [5.41, 5.74) is 6.05. The molecule has 1 fully saturated rings. The molecule has 1 aromatic carbocycles. The lowest BCUT2D eigenvalue weighted by Crippen LogP contribution is -2.54. The fourth-order valence-electron chi connectivity index (χ4n) is 3.19. The number of rotatable bonds is 6. The highest BCUT2D eigenvalue weighted by Crippen LogP contribution is 2.32. The zero-order valence-electron chi connectivity index (χ0n) is 16.2. The minimum absolute atomic E-state index is 0.0169. The Labute approximate surface area is 171 Å². The molecule has 1 unspecified atom stereocenters. The Morgan fingerprint density at radius 1 is 1.30 bits per heavy atom. The molecule has 0 aromatic heterocycles. The van der Waals surface area contributed by atoms with Crippen molar-refractivity contribution in [3.8, 4) is 0 Å². The van der Waals surface area contributed by atoms with Gasteiger partial charge in [-0.1, -0.05) is 6.07 Å². The van der Waals surface area contributed by atoms with Crippen LogP contribution >= 0.6 is 0 Å². The molecule has 0 aliphatic carbocycles. The Morgan fingerprint density at radius 2 is 2.07 bits per heavy atom. The lowest BCUT2D eigenvalue weighted by molar-refractivity contribution is -0.136. The number of carbonyl (C=O) groups is 5. The van der Waals surface area contributed by atoms with Crippen LogP contribution in [0.15, 0.2) is 30.1 Å². The van der Waals surface area contributed by atoms with E-state index in [0.29, 0.717) is 12.2 Å². The van der Waals surface area contributed by atoms with Crippen LogP contribution in [0, 0.1) is 0 Å². The molecule has 5 amide bonds. The molecule has 0 spiro atoms. The molecule has 1 saturated heterocycles. The summed E-state index contributed by atoms with van der Waals surface area (Å²) in [6.07, 6.45) is 0.700. The second-order valence-electron chi connectivity index (χ2n) is 6.65. The third kappa shape index (κ3) is 4.09. The van der Waals surface area contributed by atoms with Gasteiger partial charge in [-0.15, -0.1) is 0 Å². The zero-order chi connectivity index (χ0) is 21.8. The van der Waals surface area contributed by atoms with E-state index in [4.69, 9.17) is 10.5 Å². The fraction of sp³-hybridized carbons (Fsp3) is 0.316. The molecule has 1 aromatic rings. The van der Waals surface area contributed by atoms with Gasteiger partial charge in [-0.25, -0.2) is 4.79 Å². The van der Waals surface area contributed by atoms with Crippen molar-refractivity contribution in [2.75, 3.05) is 18.5 Å². The van der Waals surface area contributed by atoms with Crippen LogP contribution in [0.25, 0.3) is 0 Å². The summed E-state index contributed by atoms with van der Waals surface area (Å²) in [6.45, 7) is 2.36. The Kier molecular flexibility index (Phi) is 6.00. The first kappa shape index (κ1) is 20.8. The summed E-state index contributed by atoms with van der Waals surface area (Å²) in [5, 5.41) is 7.42. The molecule has 2 aliphatic heterocycles. The number of ether oxygens (including phenoxy) is 1. The van der Waals surface area contributed by atoms with Crippen LogP contribution in [-0.2, 0) is 14.3 Å². The zero-order valence-corrected chi connectivity index (χ0v) is 16.2. The van der Waals surface area contributed by atoms with Crippen molar-refractivity contribution >= 4 is 35.4 Å². The van der Waals surface area contributed by atoms with Gasteiger partial charge in [-0.3, -0.25) is 34.7 Å². The molecule has 0 radical (unpaired) electrons. The molecule has 1 atom stereocenters. The monoisotopic (exact) mass is 415 g/mol. The second kappa shape index (κ2) is 8.64. The number of hydrogen-bond acceptors (Lipinski definition) is 8. The molecular weight excluding hydrogens is 394 g/mol. The van der Waals surface area contributed by atoms with Gasteiger partial charge in [-0.2, -0.15) is 0 Å². The van der Waals surface area contributed by atoms with Gasteiger partial charge in [0.2, 0.25) is 11.8 Å². The van der Waals surface area contributed by atoms with Gasteiger partial charge in [0, 0.05) is 19.2 Å². The van der Waals surface area contributed by atoms with E-state index in [9.17, 15) is 24.0 Å². The molecule has 158 valence electrons. The van der Waals surface area contributed by atoms with Crippen LogP contribution in [0.3, 0.4) is 0 Å². The van der Waals surface area contributed by atoms with Gasteiger partial charge in [0.15, 0.2) is 0 Å². The second-order valence-corrected chi connectivity index (χ2v) is 6.65. The summed E-state index contributed by atoms with van der Waals surface area (Å²) >= 11 is 0. The van der Waals surface area contributed by atoms with E-state index in [2.05, 4.69) is 16.0 Å². The SMILES string of the molecule is CCN/C=C(\N)COC(=O)Nc1cccc2c1C(=O)N(C1CCC(=O)NC1=O)C2=O. The summed E-state index contributed by atoms with van der Waals surface area (Å²) in [5.74, 6) is -2.57. The summed E-state index contributed by atoms with van der Waals surface area (Å²) in [4.78, 5) is 62.1. The number of piperidine rings is 1. The predicted octanol–water partition coefficient (Wildman–Crippen LogP) is 0.0459. The maximum Gasteiger partial charge on any atom is 0.412 e. The molecule has 5 N–H and O–H groups in total. The third-order valence-electron chi connectivity index (χ3n) is 4.57. The van der Waals surface area contributed by atoms with E-state index in [1.54, 1.807) is 0 Å². The van der Waals surface area contributed by atoms with E-state index < -0.39 is 35.8 Å². The van der Waals surface area contributed by atoms with Crippen LogP contribution in [0.2, 0.25) is 0 Å². The Bertz CT molecular complexity index is 957. The number of amides is 5. The quantitative estimate of drug-likeness (QED) is 0.474. The number of nitrogens with zero attached hydrogens (tertiary/aromatic N) is 1. The van der Waals surface area contributed by atoms with Gasteiger partial charge in [-0.05, 0) is 25.5 Å². The Hall–Kier alpha value is -3.89. The van der Waals surface area contributed by atoms with E-state index in [1.807, 2.05) is 6.92 Å². The van der Waals surface area contributed by atoms with E-state index in [-0.39, 0.29) is 36.3 Å². The minimum atomic E-state index is -1.09. The fourth-order valence-corrected chi connectivity index (χ4v) is 3.19. The topological polar surface area (TPSA) is 160 Å². The van der Waals surface area contributed by atoms with Gasteiger partial charge in [0.25, 0.3) is 11.8 Å². The molecule has 0 saturated carbocycles. The van der Waals surface area contributed by atoms with Crippen LogP contribution in [0.4, 0.5) is 10.5 Å². The first-order valence-corrected chi connectivity index (χ1v) is 9.29. The molecule has 11 heteroatoms. The minimum Gasteiger partial charge on any atom is -0.443 e. The number of hydrogen-bond donors (Lipinski definition) is 4. The van der Waals surface area contributed by atoms with Crippen molar-refractivity contribution in [2.45, 2.75) is 25.8 Å². The third-order valence-corrected chi connectivity index (χ3v) is 4.57. The number of nitrogens with one attached hydrogen (secondary N) is 3. The van der Waals surface area contributed by atoms with Gasteiger partial charge < -0.3 is 15.8 Å². The number of benzene rings is 1. The number of fused-ring (bicyclic) bond motifs is 1. The first-order valence-electron chi connectivity index (χ1n) is 9.29. The van der Waals surface area contributed by atoms with Crippen molar-refractivity contribution in [1.29, 1.82) is 0 Å². The number of carbonyl (C=O) groups excluding carboxylic acids is 5. The van der Waals surface area contributed by atoms with Crippen molar-refractivity contribution in [3.63, 3.8) is 0 Å². The maximum atomic E-state index is 12.9. The number of anilines is 1. The van der Waals surface area contributed by atoms with Gasteiger partial charge in [0.1, 0.15) is 12.6 Å². The van der Waals surface area contributed by atoms with Crippen molar-refractivity contribution in [1.82, 2.24) is 15.5 Å². The average Bonchev–Trinajstić information content (AvgIpc) is 2.96. The standard InChI is InChI=1S/C19H21N5O6/c1-2-21-8-10(20)9-30-19(29)22-12-5-3-4-11-15(12)18(28)24(17(11)27)13-6-7-14(25)23-16(13)26/h3-5,8,13,21H,2,6-7,9,20H2,1H3,(H,22,29)(H,23,25,26)/b10-8-. The van der Waals surface area contributed by atoms with E-state index in [0.717, 1.165) is 4.90 Å². The van der Waals surface area contributed by atoms with Gasteiger partial charge >= 0.3 is 6.09 Å². The summed E-state index contributed by atoms with van der Waals surface area (Å²) in [6, 6.07) is 3.27. The molecule has 11 nitrogen and oxygen atoms in total. The number of imide groups is 2. The van der Waals surface area contributed by atoms with Crippen molar-refractivity contribution < 1.29 is 28.7 Å². The lowest BCUT2D eigenvalue weighted by atomic mass is 10.0. The highest BCUT2D eigenvalue weighted by molar-refractivity contribution is 6.26. The van der Waals surface area contributed by atoms with Crippen LogP contribution < -0.4 is 21.7 Å². The molecule has 0 bridgehead atoms. The van der Waals surface area contributed by atoms with Gasteiger partial charge in [0.05, 0.1) is 22.5 Å². The smallest absolute Gasteiger partial charge is 0.412 e. The Morgan fingerprint density at radius 3 is 2.77 bits per heavy atom. The molecule has 2 heterocycles. The summed E-state index contributed by atoms with van der Waals surface area (Å²) < 4.78 is 5.00. The highest BCUT2D eigenvalue weighted by Gasteiger charge is 2.45. The predicted molar refractivity (Wildman–Crippen MR) is 104 cm³/mol. The first-order chi connectivity index (χ1) is 14.3. The van der Waals surface area contributed by atoms with Crippen LogP contribution in [-0.4, -0.2) is 53.8 Å². The highest BCUT2D eigenvalue weighted by atomic mass is 16.5. The maximum absolute atomic E-state index is 12.9. The van der Waals surface area contributed by atoms with E-state index in [1.165, 1.54) is 24.4 Å². The summed E-state index contributed by atoms with van der Waals surface area (Å²) in [7, 11) is 0. The van der Waals surface area contributed by atoms with E-state index >= 15 is 0 Å². The lowest BCUT2D eigenvalue weighted by Gasteiger charge is -2.27. The van der Waals surface area contributed by atoms with Crippen molar-refractivity contribution in [3.05, 3.63) is 41.2 Å².